The summed E-state index contributed by atoms with van der Waals surface area (Å²) in [5.41, 5.74) is 0. The van der Waals surface area contributed by atoms with Gasteiger partial charge in [-0.25, -0.2) is 0 Å². The zero-order valence-electron chi connectivity index (χ0n) is 11.7. The number of carbonyl (C=O) groups excluding carboxylic acids is 1. The highest BCUT2D eigenvalue weighted by Gasteiger charge is 2.87. The van der Waals surface area contributed by atoms with Crippen LogP contribution in [0.4, 0.5) is 43.9 Å². The molecule has 2 atom stereocenters. The van der Waals surface area contributed by atoms with Crippen molar-refractivity contribution in [2.45, 2.75) is 55.1 Å². The number of amides is 1. The lowest BCUT2D eigenvalue weighted by Gasteiger charge is -2.37. The van der Waals surface area contributed by atoms with Crippen LogP contribution in [0.25, 0.3) is 0 Å². The monoisotopic (exact) mass is 401 g/mol. The largest absolute Gasteiger partial charge is 0.393 e. The van der Waals surface area contributed by atoms with Crippen LogP contribution in [-0.4, -0.2) is 52.2 Å². The molecule has 3 nitrogen and oxygen atoms in total. The molecule has 144 valence electrons. The normalized spacial score (nSPS) is 17.4. The number of rotatable bonds is 7. The number of halogens is 11. The van der Waals surface area contributed by atoms with Gasteiger partial charge in [0, 0.05) is 0 Å². The average molecular weight is 402 g/mol. The van der Waals surface area contributed by atoms with Crippen molar-refractivity contribution in [1.82, 2.24) is 5.32 Å². The highest BCUT2D eigenvalue weighted by Crippen LogP contribution is 2.57. The van der Waals surface area contributed by atoms with E-state index in [1.165, 1.54) is 0 Å². The Balaban J connectivity index is 5.89. The molecule has 2 unspecified atom stereocenters. The minimum absolute atomic E-state index is 0.788. The molecule has 0 aromatic heterocycles. The summed E-state index contributed by atoms with van der Waals surface area (Å²) in [6.45, 7) is 1.68. The molecule has 0 aliphatic heterocycles. The molecule has 0 rings (SSSR count). The maximum atomic E-state index is 13.3. The van der Waals surface area contributed by atoms with E-state index in [0.717, 1.165) is 19.2 Å². The number of aliphatic hydroxyl groups excluding tert-OH is 1. The van der Waals surface area contributed by atoms with Gasteiger partial charge in [0.1, 0.15) is 0 Å². The third kappa shape index (κ3) is 3.51. The fourth-order valence-corrected chi connectivity index (χ4v) is 1.25. The molecule has 0 aromatic carbocycles. The molecular weight excluding hydrogens is 392 g/mol. The van der Waals surface area contributed by atoms with Crippen molar-refractivity contribution < 1.29 is 53.8 Å². The van der Waals surface area contributed by atoms with E-state index in [2.05, 4.69) is 11.6 Å². The predicted molar refractivity (Wildman–Crippen MR) is 59.9 cm³/mol. The minimum atomic E-state index is -7.40. The van der Waals surface area contributed by atoms with Gasteiger partial charge in [0.2, 0.25) is 0 Å². The maximum Gasteiger partial charge on any atom is 0.393 e. The molecule has 2 N–H and O–H groups in total. The predicted octanol–water partition coefficient (Wildman–Crippen LogP) is 3.24. The van der Waals surface area contributed by atoms with Gasteiger partial charge in [-0.2, -0.15) is 43.9 Å². The molecule has 0 fully saturated rings. The van der Waals surface area contributed by atoms with E-state index in [0.29, 0.717) is 0 Å². The van der Waals surface area contributed by atoms with Crippen LogP contribution >= 0.6 is 11.6 Å². The van der Waals surface area contributed by atoms with Gasteiger partial charge < -0.3 is 10.4 Å². The van der Waals surface area contributed by atoms with E-state index in [1.807, 2.05) is 0 Å². The second-order valence-corrected chi connectivity index (χ2v) is 5.27. The molecule has 24 heavy (non-hydrogen) atoms. The quantitative estimate of drug-likeness (QED) is 0.508. The van der Waals surface area contributed by atoms with E-state index in [-0.39, 0.29) is 0 Å². The zero-order valence-corrected chi connectivity index (χ0v) is 12.4. The summed E-state index contributed by atoms with van der Waals surface area (Å²) in [5.74, 6) is -31.5. The van der Waals surface area contributed by atoms with E-state index >= 15 is 0 Å². The molecular formula is C10H10ClF10NO2. The summed E-state index contributed by atoms with van der Waals surface area (Å²) in [5, 5.41) is 3.55. The fourth-order valence-electron chi connectivity index (χ4n) is 1.13. The van der Waals surface area contributed by atoms with Crippen molar-refractivity contribution in [3.8, 4) is 0 Å². The molecule has 0 aromatic rings. The summed E-state index contributed by atoms with van der Waals surface area (Å²) < 4.78 is 129. The van der Waals surface area contributed by atoms with Crippen LogP contribution in [0, 0.1) is 0 Å². The Morgan fingerprint density at radius 1 is 0.875 bits per heavy atom. The van der Waals surface area contributed by atoms with Crippen LogP contribution in [-0.2, 0) is 4.79 Å². The van der Waals surface area contributed by atoms with E-state index in [4.69, 9.17) is 5.11 Å². The van der Waals surface area contributed by atoms with Crippen molar-refractivity contribution in [1.29, 1.82) is 0 Å². The molecule has 1 amide bonds. The fraction of sp³-hybridized carbons (Fsp3) is 0.900. The first-order chi connectivity index (χ1) is 10.2. The van der Waals surface area contributed by atoms with Crippen molar-refractivity contribution in [3.63, 3.8) is 0 Å². The van der Waals surface area contributed by atoms with Crippen molar-refractivity contribution in [2.75, 3.05) is 0 Å². The number of carbonyl (C=O) groups is 1. The molecule has 0 bridgehead atoms. The molecule has 0 saturated heterocycles. The topological polar surface area (TPSA) is 49.3 Å². The van der Waals surface area contributed by atoms with Gasteiger partial charge in [0.15, 0.2) is 0 Å². The molecule has 14 heteroatoms. The van der Waals surface area contributed by atoms with E-state index < -0.39 is 47.1 Å². The first-order valence-electron chi connectivity index (χ1n) is 5.82. The smallest absolute Gasteiger partial charge is 0.391 e. The first-order valence-corrected chi connectivity index (χ1v) is 6.20. The number of nitrogens with one attached hydrogen (secondary N) is 1. The molecule has 0 heterocycles. The Kier molecular flexibility index (Phi) is 6.13. The summed E-state index contributed by atoms with van der Waals surface area (Å²) in [6, 6.07) is -1.68. The Labute approximate surface area is 132 Å². The minimum Gasteiger partial charge on any atom is -0.391 e. The van der Waals surface area contributed by atoms with Crippen molar-refractivity contribution >= 4 is 17.5 Å². The first kappa shape index (κ1) is 23.0. The van der Waals surface area contributed by atoms with Crippen LogP contribution < -0.4 is 5.32 Å². The highest BCUT2D eigenvalue weighted by molar-refractivity contribution is 6.22. The Morgan fingerprint density at radius 3 is 1.54 bits per heavy atom. The van der Waals surface area contributed by atoms with E-state index in [1.54, 1.807) is 0 Å². The van der Waals surface area contributed by atoms with Gasteiger partial charge in [-0.15, -0.1) is 0 Å². The van der Waals surface area contributed by atoms with Gasteiger partial charge >= 0.3 is 29.1 Å². The SMILES string of the molecule is CC(O)C(C)NC(=O)C(F)(F)C(F)(F)C(F)(F)C(F)(F)C(F)(F)Cl. The molecule has 0 aliphatic carbocycles. The van der Waals surface area contributed by atoms with Crippen LogP contribution in [0.15, 0.2) is 0 Å². The van der Waals surface area contributed by atoms with Crippen molar-refractivity contribution in [2.24, 2.45) is 0 Å². The lowest BCUT2D eigenvalue weighted by Crippen LogP contribution is -2.69. The van der Waals surface area contributed by atoms with Gasteiger partial charge in [-0.1, -0.05) is 0 Å². The lowest BCUT2D eigenvalue weighted by molar-refractivity contribution is -0.382. The maximum absolute atomic E-state index is 13.3. The lowest BCUT2D eigenvalue weighted by atomic mass is 9.97. The third-order valence-electron chi connectivity index (χ3n) is 2.91. The zero-order chi connectivity index (χ0) is 19.9. The number of aliphatic hydroxyl groups is 1. The van der Waals surface area contributed by atoms with Gasteiger partial charge in [0.05, 0.1) is 12.1 Å². The summed E-state index contributed by atoms with van der Waals surface area (Å²) in [7, 11) is 0. The summed E-state index contributed by atoms with van der Waals surface area (Å²) in [4.78, 5) is 11.0. The highest BCUT2D eigenvalue weighted by atomic mass is 35.5. The van der Waals surface area contributed by atoms with Crippen LogP contribution in [0.2, 0.25) is 0 Å². The Hall–Kier alpha value is -0.980. The molecule has 0 spiro atoms. The van der Waals surface area contributed by atoms with Crippen molar-refractivity contribution in [3.05, 3.63) is 0 Å². The Morgan fingerprint density at radius 2 is 1.25 bits per heavy atom. The standard InChI is InChI=1S/C10H10ClF10NO2/c1-3(4(2)23)22-5(24)6(12,13)7(14,15)8(16,17)9(18,19)10(11,20)21/h3-4,23H,1-2H3,(H,22,24). The summed E-state index contributed by atoms with van der Waals surface area (Å²) in [6.07, 6.45) is -1.62. The summed E-state index contributed by atoms with van der Waals surface area (Å²) >= 11 is 3.60. The van der Waals surface area contributed by atoms with E-state index in [9.17, 15) is 48.7 Å². The second-order valence-electron chi connectivity index (χ2n) is 4.80. The molecule has 0 saturated carbocycles. The number of hydrogen-bond donors (Lipinski definition) is 2. The average Bonchev–Trinajstić information content (AvgIpc) is 2.36. The van der Waals surface area contributed by atoms with Gasteiger partial charge in [-0.3, -0.25) is 4.79 Å². The van der Waals surface area contributed by atoms with Crippen LogP contribution in [0.1, 0.15) is 13.8 Å². The number of alkyl halides is 11. The number of hydrogen-bond acceptors (Lipinski definition) is 2. The molecule has 0 radical (unpaired) electrons. The van der Waals surface area contributed by atoms with Crippen LogP contribution in [0.5, 0.6) is 0 Å². The van der Waals surface area contributed by atoms with Gasteiger partial charge in [0.25, 0.3) is 5.91 Å². The second kappa shape index (κ2) is 6.39. The Bertz CT molecular complexity index is 477. The van der Waals surface area contributed by atoms with Gasteiger partial charge in [-0.05, 0) is 25.4 Å². The molecule has 0 aliphatic rings. The van der Waals surface area contributed by atoms with Crippen LogP contribution in [0.3, 0.4) is 0 Å². The third-order valence-corrected chi connectivity index (χ3v) is 3.14.